The SMILES string of the molecule is FC(F)(F)c1ccccc1-c1cc(CCN2CCN(Cc3ccccc3)CC2)on1. The number of hydrogen-bond acceptors (Lipinski definition) is 4. The van der Waals surface area contributed by atoms with Gasteiger partial charge in [-0.25, -0.2) is 0 Å². The largest absolute Gasteiger partial charge is 0.417 e. The molecule has 0 bridgehead atoms. The number of halogens is 3. The van der Waals surface area contributed by atoms with Crippen molar-refractivity contribution < 1.29 is 17.7 Å². The molecule has 0 amide bonds. The molecule has 0 spiro atoms. The number of hydrogen-bond donors (Lipinski definition) is 0. The Morgan fingerprint density at radius 3 is 2.27 bits per heavy atom. The van der Waals surface area contributed by atoms with Gasteiger partial charge in [-0.2, -0.15) is 13.2 Å². The number of alkyl halides is 3. The van der Waals surface area contributed by atoms with Crippen LogP contribution in [0.3, 0.4) is 0 Å². The van der Waals surface area contributed by atoms with E-state index in [1.54, 1.807) is 12.1 Å². The summed E-state index contributed by atoms with van der Waals surface area (Å²) in [7, 11) is 0. The zero-order valence-electron chi connectivity index (χ0n) is 16.6. The van der Waals surface area contributed by atoms with Crippen LogP contribution in [0.4, 0.5) is 13.2 Å². The smallest absolute Gasteiger partial charge is 0.361 e. The average molecular weight is 415 g/mol. The summed E-state index contributed by atoms with van der Waals surface area (Å²) < 4.78 is 45.0. The monoisotopic (exact) mass is 415 g/mol. The van der Waals surface area contributed by atoms with Gasteiger partial charge in [0.1, 0.15) is 11.5 Å². The van der Waals surface area contributed by atoms with Crippen LogP contribution in [0.1, 0.15) is 16.9 Å². The highest BCUT2D eigenvalue weighted by molar-refractivity contribution is 5.64. The number of nitrogens with zero attached hydrogens (tertiary/aromatic N) is 3. The van der Waals surface area contributed by atoms with Crippen LogP contribution in [0.2, 0.25) is 0 Å². The van der Waals surface area contributed by atoms with Crippen molar-refractivity contribution in [3.63, 3.8) is 0 Å². The van der Waals surface area contributed by atoms with Crippen LogP contribution in [0, 0.1) is 0 Å². The molecule has 0 saturated carbocycles. The molecule has 3 aromatic rings. The third-order valence-electron chi connectivity index (χ3n) is 5.46. The lowest BCUT2D eigenvalue weighted by atomic mass is 10.0. The third kappa shape index (κ3) is 5.09. The van der Waals surface area contributed by atoms with Crippen molar-refractivity contribution in [1.82, 2.24) is 15.0 Å². The standard InChI is InChI=1S/C23H24F3N3O/c24-23(25,26)21-9-5-4-8-20(21)22-16-19(30-27-22)10-11-28-12-14-29(15-13-28)17-18-6-2-1-3-7-18/h1-9,16H,10-15,17H2. The van der Waals surface area contributed by atoms with Gasteiger partial charge in [-0.05, 0) is 11.6 Å². The van der Waals surface area contributed by atoms with E-state index >= 15 is 0 Å². The maximum Gasteiger partial charge on any atom is 0.417 e. The first-order chi connectivity index (χ1) is 14.5. The summed E-state index contributed by atoms with van der Waals surface area (Å²) in [5, 5.41) is 3.88. The molecule has 1 aliphatic heterocycles. The van der Waals surface area contributed by atoms with Gasteiger partial charge in [-0.15, -0.1) is 0 Å². The first kappa shape index (κ1) is 20.6. The van der Waals surface area contributed by atoms with Crippen LogP contribution in [-0.4, -0.2) is 47.7 Å². The number of benzene rings is 2. The fourth-order valence-corrected chi connectivity index (χ4v) is 3.79. The normalized spacial score (nSPS) is 16.1. The lowest BCUT2D eigenvalue weighted by Crippen LogP contribution is -2.46. The van der Waals surface area contributed by atoms with Crippen molar-refractivity contribution in [3.8, 4) is 11.3 Å². The maximum absolute atomic E-state index is 13.2. The number of aromatic nitrogens is 1. The van der Waals surface area contributed by atoms with Gasteiger partial charge in [0.15, 0.2) is 0 Å². The van der Waals surface area contributed by atoms with E-state index < -0.39 is 11.7 Å². The van der Waals surface area contributed by atoms with Crippen molar-refractivity contribution in [2.45, 2.75) is 19.1 Å². The second-order valence-electron chi connectivity index (χ2n) is 7.58. The van der Waals surface area contributed by atoms with E-state index in [1.807, 2.05) is 6.07 Å². The van der Waals surface area contributed by atoms with Gasteiger partial charge in [0, 0.05) is 57.3 Å². The Morgan fingerprint density at radius 1 is 0.867 bits per heavy atom. The van der Waals surface area contributed by atoms with Gasteiger partial charge in [0.25, 0.3) is 0 Å². The van der Waals surface area contributed by atoms with Crippen molar-refractivity contribution in [2.75, 3.05) is 32.7 Å². The lowest BCUT2D eigenvalue weighted by Gasteiger charge is -2.34. The zero-order chi connectivity index (χ0) is 21.0. The molecule has 0 atom stereocenters. The van der Waals surface area contributed by atoms with Crippen molar-refractivity contribution >= 4 is 0 Å². The van der Waals surface area contributed by atoms with Crippen LogP contribution in [-0.2, 0) is 19.1 Å². The first-order valence-corrected chi connectivity index (χ1v) is 10.1. The van der Waals surface area contributed by atoms with Crippen molar-refractivity contribution in [1.29, 1.82) is 0 Å². The van der Waals surface area contributed by atoms with Gasteiger partial charge >= 0.3 is 6.18 Å². The molecule has 0 N–H and O–H groups in total. The molecule has 0 radical (unpaired) electrons. The van der Waals surface area contributed by atoms with Gasteiger partial charge in [0.2, 0.25) is 0 Å². The summed E-state index contributed by atoms with van der Waals surface area (Å²) in [6.07, 6.45) is -3.80. The summed E-state index contributed by atoms with van der Waals surface area (Å²) in [6, 6.07) is 17.5. The van der Waals surface area contributed by atoms with E-state index in [1.165, 1.54) is 17.7 Å². The topological polar surface area (TPSA) is 32.5 Å². The zero-order valence-corrected chi connectivity index (χ0v) is 16.6. The molecule has 4 nitrogen and oxygen atoms in total. The fraction of sp³-hybridized carbons (Fsp3) is 0.348. The molecule has 158 valence electrons. The van der Waals surface area contributed by atoms with E-state index in [9.17, 15) is 13.2 Å². The molecule has 30 heavy (non-hydrogen) atoms. The highest BCUT2D eigenvalue weighted by Crippen LogP contribution is 2.36. The molecule has 1 aliphatic rings. The highest BCUT2D eigenvalue weighted by Gasteiger charge is 2.34. The van der Waals surface area contributed by atoms with Gasteiger partial charge in [-0.3, -0.25) is 4.90 Å². The van der Waals surface area contributed by atoms with Crippen molar-refractivity contribution in [3.05, 3.63) is 77.6 Å². The van der Waals surface area contributed by atoms with E-state index in [4.69, 9.17) is 4.52 Å². The Bertz CT molecular complexity index is 948. The summed E-state index contributed by atoms with van der Waals surface area (Å²) in [5.74, 6) is 0.605. The summed E-state index contributed by atoms with van der Waals surface area (Å²) in [6.45, 7) is 5.67. The maximum atomic E-state index is 13.2. The Kier molecular flexibility index (Phi) is 6.20. The minimum Gasteiger partial charge on any atom is -0.361 e. The predicted molar refractivity (Wildman–Crippen MR) is 109 cm³/mol. The van der Waals surface area contributed by atoms with Crippen molar-refractivity contribution in [2.24, 2.45) is 0 Å². The summed E-state index contributed by atoms with van der Waals surface area (Å²) in [5.41, 5.74) is 0.902. The van der Waals surface area contributed by atoms with E-state index in [0.717, 1.165) is 45.3 Å². The summed E-state index contributed by atoms with van der Waals surface area (Å²) >= 11 is 0. The molecular weight excluding hydrogens is 391 g/mol. The Hall–Kier alpha value is -2.64. The van der Waals surface area contributed by atoms with Crippen LogP contribution in [0.5, 0.6) is 0 Å². The van der Waals surface area contributed by atoms with Gasteiger partial charge < -0.3 is 9.42 Å². The Balaban J connectivity index is 1.30. The van der Waals surface area contributed by atoms with E-state index in [2.05, 4.69) is 39.2 Å². The molecule has 2 aromatic carbocycles. The third-order valence-corrected chi connectivity index (χ3v) is 5.46. The second-order valence-corrected chi connectivity index (χ2v) is 7.58. The lowest BCUT2D eigenvalue weighted by molar-refractivity contribution is -0.137. The molecule has 2 heterocycles. The average Bonchev–Trinajstić information content (AvgIpc) is 3.22. The molecular formula is C23H24F3N3O. The van der Waals surface area contributed by atoms with Gasteiger partial charge in [-0.1, -0.05) is 53.7 Å². The van der Waals surface area contributed by atoms with E-state index in [-0.39, 0.29) is 11.3 Å². The quantitative estimate of drug-likeness (QED) is 0.583. The number of piperazine rings is 1. The Labute approximate surface area is 173 Å². The van der Waals surface area contributed by atoms with Gasteiger partial charge in [0.05, 0.1) is 5.56 Å². The highest BCUT2D eigenvalue weighted by atomic mass is 19.4. The van der Waals surface area contributed by atoms with Crippen LogP contribution in [0.15, 0.2) is 65.2 Å². The molecule has 0 unspecified atom stereocenters. The summed E-state index contributed by atoms with van der Waals surface area (Å²) in [4.78, 5) is 4.79. The fourth-order valence-electron chi connectivity index (χ4n) is 3.79. The minimum atomic E-state index is -4.42. The molecule has 0 aliphatic carbocycles. The molecule has 1 saturated heterocycles. The van der Waals surface area contributed by atoms with Crippen LogP contribution in [0.25, 0.3) is 11.3 Å². The minimum absolute atomic E-state index is 0.0505. The molecule has 1 fully saturated rings. The first-order valence-electron chi connectivity index (χ1n) is 10.1. The molecule has 1 aromatic heterocycles. The predicted octanol–water partition coefficient (Wildman–Crippen LogP) is 4.72. The molecule has 7 heteroatoms. The van der Waals surface area contributed by atoms with Crippen LogP contribution >= 0.6 is 0 Å². The number of rotatable bonds is 6. The van der Waals surface area contributed by atoms with Crippen LogP contribution < -0.4 is 0 Å². The molecule has 4 rings (SSSR count). The van der Waals surface area contributed by atoms with E-state index in [0.29, 0.717) is 12.2 Å². The second kappa shape index (κ2) is 9.02. The Morgan fingerprint density at radius 2 is 1.53 bits per heavy atom.